The quantitative estimate of drug-likeness (QED) is 0.0995. The Labute approximate surface area is 442 Å². The van der Waals surface area contributed by atoms with Crippen LogP contribution < -0.4 is 29.6 Å². The van der Waals surface area contributed by atoms with Gasteiger partial charge in [0.25, 0.3) is 20.0 Å². The molecule has 2 amide bonds. The second-order valence-electron chi connectivity index (χ2n) is 21.1. The van der Waals surface area contributed by atoms with Crippen molar-refractivity contribution in [1.82, 2.24) is 19.6 Å². The summed E-state index contributed by atoms with van der Waals surface area (Å²) in [4.78, 5) is 48.8. The lowest BCUT2D eigenvalue weighted by atomic mass is 9.95. The molecule has 2 aliphatic carbocycles. The number of carbonyl (C=O) groups is 4. The molecule has 2 aromatic heterocycles. The summed E-state index contributed by atoms with van der Waals surface area (Å²) in [5, 5.41) is 7.89. The molecule has 4 aliphatic rings. The minimum Gasteiger partial charge on any atom is -0.486 e. The fraction of sp³-hybridized carbons (Fsp3) is 0.560. The van der Waals surface area contributed by atoms with Crippen LogP contribution in [-0.4, -0.2) is 96.6 Å². The van der Waals surface area contributed by atoms with Crippen molar-refractivity contribution in [3.8, 4) is 11.5 Å². The van der Waals surface area contributed by atoms with Crippen LogP contribution >= 0.6 is 23.2 Å². The number of amides is 2. The van der Waals surface area contributed by atoms with Gasteiger partial charge < -0.3 is 30.4 Å². The largest absolute Gasteiger partial charge is 0.486 e. The van der Waals surface area contributed by atoms with E-state index in [2.05, 4.69) is 10.2 Å². The van der Waals surface area contributed by atoms with E-state index in [-0.39, 0.29) is 69.2 Å². The molecule has 0 spiro atoms. The van der Waals surface area contributed by atoms with E-state index in [0.717, 1.165) is 25.7 Å². The number of hydrogen-bond donors (Lipinski definition) is 2. The third-order valence-corrected chi connectivity index (χ3v) is 17.1. The molecular weight excluding hydrogens is 1040 g/mol. The van der Waals surface area contributed by atoms with E-state index in [1.165, 1.54) is 30.4 Å². The van der Waals surface area contributed by atoms with E-state index >= 15 is 0 Å². The Hall–Kier alpha value is -5.58. The Morgan fingerprint density at radius 1 is 0.649 bits per heavy atom. The zero-order valence-electron chi connectivity index (χ0n) is 42.9. The third kappa shape index (κ3) is 13.6. The van der Waals surface area contributed by atoms with Gasteiger partial charge in [-0.3, -0.25) is 37.2 Å². The minimum absolute atomic E-state index is 0.0399. The molecule has 0 saturated heterocycles. The first-order valence-corrected chi connectivity index (χ1v) is 28.3. The van der Waals surface area contributed by atoms with Gasteiger partial charge in [0.05, 0.1) is 37.3 Å². The average Bonchev–Trinajstić information content (AvgIpc) is 4.24. The molecule has 0 unspecified atom stereocenters. The summed E-state index contributed by atoms with van der Waals surface area (Å²) >= 11 is 12.5. The number of rotatable bonds is 18. The Kier molecular flexibility index (Phi) is 16.7. The summed E-state index contributed by atoms with van der Waals surface area (Å²) in [5.41, 5.74) is 11.7. The maximum absolute atomic E-state index is 13.9. The van der Waals surface area contributed by atoms with Crippen LogP contribution in [-0.2, 0) is 74.6 Å². The maximum Gasteiger partial charge on any atom is 0.310 e. The number of esters is 2. The first-order valence-electron chi connectivity index (χ1n) is 24.7. The molecule has 4 heterocycles. The lowest BCUT2D eigenvalue weighted by Crippen LogP contribution is -2.45. The monoisotopic (exact) mass is 1100 g/mol. The smallest absolute Gasteiger partial charge is 0.310 e. The van der Waals surface area contributed by atoms with Gasteiger partial charge in [-0.1, -0.05) is 35.3 Å². The van der Waals surface area contributed by atoms with Crippen molar-refractivity contribution in [3.05, 3.63) is 70.2 Å². The normalized spacial score (nSPS) is 18.6. The Morgan fingerprint density at radius 3 is 1.28 bits per heavy atom. The van der Waals surface area contributed by atoms with Crippen LogP contribution in [0.2, 0.25) is 10.3 Å². The Balaban J connectivity index is 0.000000216. The number of nitrogens with zero attached hydrogens (tertiary/aromatic N) is 6. The summed E-state index contributed by atoms with van der Waals surface area (Å²) < 4.78 is 84.0. The van der Waals surface area contributed by atoms with Crippen LogP contribution in [0.15, 0.2) is 58.6 Å². The molecule has 404 valence electrons. The third-order valence-electron chi connectivity index (χ3n) is 12.7. The van der Waals surface area contributed by atoms with Gasteiger partial charge in [0.1, 0.15) is 44.7 Å². The molecule has 2 aliphatic heterocycles. The summed E-state index contributed by atoms with van der Waals surface area (Å²) in [6.45, 7) is 15.1. The van der Waals surface area contributed by atoms with Gasteiger partial charge in [-0.05, 0) is 141 Å². The summed E-state index contributed by atoms with van der Waals surface area (Å²) in [5.74, 6) is -1.44. The van der Waals surface area contributed by atoms with Gasteiger partial charge in [0.2, 0.25) is 11.8 Å². The number of aromatic nitrogens is 4. The molecule has 2 saturated carbocycles. The molecule has 0 bridgehead atoms. The fourth-order valence-electron chi connectivity index (χ4n) is 9.04. The first-order chi connectivity index (χ1) is 34.6. The predicted octanol–water partition coefficient (Wildman–Crippen LogP) is 6.60. The topological polar surface area (TPSA) is 268 Å². The van der Waals surface area contributed by atoms with Crippen LogP contribution in [0, 0.1) is 23.7 Å². The summed E-state index contributed by atoms with van der Waals surface area (Å²) in [7, 11) is -8.31. The highest BCUT2D eigenvalue weighted by Crippen LogP contribution is 2.45. The molecule has 20 nitrogen and oxygen atoms in total. The van der Waals surface area contributed by atoms with E-state index in [9.17, 15) is 36.0 Å². The maximum atomic E-state index is 13.9. The molecule has 8 rings (SSSR count). The van der Waals surface area contributed by atoms with Crippen LogP contribution in [0.25, 0.3) is 0 Å². The summed E-state index contributed by atoms with van der Waals surface area (Å²) in [6, 6.07) is 9.89. The van der Waals surface area contributed by atoms with E-state index in [1.807, 2.05) is 13.8 Å². The van der Waals surface area contributed by atoms with Crippen LogP contribution in [0.3, 0.4) is 0 Å². The molecule has 4 aromatic rings. The van der Waals surface area contributed by atoms with Crippen molar-refractivity contribution >= 4 is 78.4 Å². The molecule has 24 heteroatoms. The zero-order chi connectivity index (χ0) is 54.2. The number of halogens is 2. The molecule has 2 fully saturated rings. The van der Waals surface area contributed by atoms with Gasteiger partial charge in [0, 0.05) is 37.3 Å². The van der Waals surface area contributed by atoms with Gasteiger partial charge in [-0.2, -0.15) is 10.2 Å². The van der Waals surface area contributed by atoms with Gasteiger partial charge in [-0.15, -0.1) is 0 Å². The number of carbonyl (C=O) groups excluding carboxylic acids is 4. The van der Waals surface area contributed by atoms with Crippen molar-refractivity contribution in [3.63, 3.8) is 0 Å². The minimum atomic E-state index is -4.16. The Morgan fingerprint density at radius 2 is 1.00 bits per heavy atom. The van der Waals surface area contributed by atoms with E-state index in [1.54, 1.807) is 77.9 Å². The van der Waals surface area contributed by atoms with Crippen LogP contribution in [0.5, 0.6) is 11.5 Å². The first kappa shape index (κ1) is 56.2. The van der Waals surface area contributed by atoms with E-state index < -0.39 is 79.0 Å². The number of nitrogens with two attached hydrogens (primary N) is 2. The molecule has 0 radical (unpaired) electrons. The number of hydrogen-bond acceptors (Lipinski definition) is 14. The molecule has 4 atom stereocenters. The highest BCUT2D eigenvalue weighted by Gasteiger charge is 2.44. The number of sulfonamides is 2. The lowest BCUT2D eigenvalue weighted by Gasteiger charge is -2.36. The molecule has 74 heavy (non-hydrogen) atoms. The van der Waals surface area contributed by atoms with Crippen molar-refractivity contribution in [2.45, 2.75) is 153 Å². The SMILES string of the molecule is CCn1cc(S(=O)(=O)N2C[C@H](C[C@@H](C(N)=O)C3CC3)Oc3ccc(CC(=O)OC(C)(C)C)cc32)c(Cl)n1.CCn1cc(S(=O)(=O)N2C[C@H](C[C@H](C(N)=O)C3CC3)Oc3ccc(CC(=O)OC(C)(C)C)cc32)c(Cl)n1. The molecular formula is C50H66Cl2N8O12S2. The molecule has 2 aromatic carbocycles. The van der Waals surface area contributed by atoms with Crippen LogP contribution in [0.4, 0.5) is 11.4 Å². The van der Waals surface area contributed by atoms with Crippen molar-refractivity contribution in [2.75, 3.05) is 21.7 Å². The van der Waals surface area contributed by atoms with Gasteiger partial charge in [-0.25, -0.2) is 16.8 Å². The van der Waals surface area contributed by atoms with Crippen molar-refractivity contribution in [1.29, 1.82) is 0 Å². The predicted molar refractivity (Wildman–Crippen MR) is 276 cm³/mol. The highest BCUT2D eigenvalue weighted by atomic mass is 35.5. The fourth-order valence-corrected chi connectivity index (χ4v) is 12.9. The average molecular weight is 1110 g/mol. The van der Waals surface area contributed by atoms with E-state index in [4.69, 9.17) is 53.6 Å². The number of benzene rings is 2. The number of ether oxygens (including phenoxy) is 4. The number of primary amides is 2. The Bertz CT molecular complexity index is 2800. The number of fused-ring (bicyclic) bond motifs is 2. The van der Waals surface area contributed by atoms with Crippen molar-refractivity contribution in [2.24, 2.45) is 35.1 Å². The van der Waals surface area contributed by atoms with Gasteiger partial charge in [0.15, 0.2) is 10.3 Å². The van der Waals surface area contributed by atoms with Crippen LogP contribution in [0.1, 0.15) is 105 Å². The van der Waals surface area contributed by atoms with Gasteiger partial charge >= 0.3 is 11.9 Å². The number of anilines is 2. The molecule has 4 N–H and O–H groups in total. The van der Waals surface area contributed by atoms with Crippen molar-refractivity contribution < 1.29 is 55.0 Å². The summed E-state index contributed by atoms with van der Waals surface area (Å²) in [6.07, 6.45) is 5.76. The second-order valence-corrected chi connectivity index (χ2v) is 25.5. The lowest BCUT2D eigenvalue weighted by molar-refractivity contribution is -0.155. The number of aryl methyl sites for hydroxylation is 2. The zero-order valence-corrected chi connectivity index (χ0v) is 46.0. The van der Waals surface area contributed by atoms with E-state index in [0.29, 0.717) is 48.6 Å². The second kappa shape index (κ2) is 21.9. The highest BCUT2D eigenvalue weighted by molar-refractivity contribution is 7.93. The standard InChI is InChI=1S/2C25H33ClN4O6S/c2*1-5-29-14-21(23(26)28-29)37(33,34)30-13-17(12-18(24(27)32)16-7-8-16)35-20-9-6-15(10-19(20)30)11-22(31)36-25(2,3)4/h2*6,9-10,14,16-18H,5,7-8,11-13H2,1-4H3,(H2,27,32)/t17-,18+;17-,18-/m00/s1.